The number of aromatic nitrogens is 2. The smallest absolute Gasteiger partial charge is 0.129 e. The van der Waals surface area contributed by atoms with Crippen molar-refractivity contribution in [1.29, 1.82) is 0 Å². The highest BCUT2D eigenvalue weighted by Crippen LogP contribution is 2.26. The molecule has 0 amide bonds. The zero-order valence-electron chi connectivity index (χ0n) is 10.9. The molecule has 0 saturated heterocycles. The molecule has 0 fully saturated rings. The Hall–Kier alpha value is -2.53. The summed E-state index contributed by atoms with van der Waals surface area (Å²) in [6, 6.07) is 13.7. The van der Waals surface area contributed by atoms with Crippen LogP contribution >= 0.6 is 0 Å². The van der Waals surface area contributed by atoms with Gasteiger partial charge in [-0.05, 0) is 36.4 Å². The topological polar surface area (TPSA) is 38.1 Å². The van der Waals surface area contributed by atoms with Crippen LogP contribution in [0.3, 0.4) is 0 Å². The highest BCUT2D eigenvalue weighted by Gasteiger charge is 2.20. The van der Waals surface area contributed by atoms with Crippen molar-refractivity contribution in [2.45, 2.75) is 6.10 Å². The minimum Gasteiger partial charge on any atom is -0.382 e. The van der Waals surface area contributed by atoms with E-state index < -0.39 is 17.7 Å². The number of aliphatic hydroxyl groups is 1. The first-order chi connectivity index (χ1) is 10.2. The van der Waals surface area contributed by atoms with Gasteiger partial charge in [-0.25, -0.2) is 13.5 Å². The van der Waals surface area contributed by atoms with Gasteiger partial charge in [-0.3, -0.25) is 0 Å². The van der Waals surface area contributed by atoms with Crippen molar-refractivity contribution in [3.05, 3.63) is 83.7 Å². The minimum atomic E-state index is -1.30. The van der Waals surface area contributed by atoms with Gasteiger partial charge in [0, 0.05) is 11.8 Å². The summed E-state index contributed by atoms with van der Waals surface area (Å²) in [6.07, 6.45) is 0.200. The monoisotopic (exact) mass is 286 g/mol. The Morgan fingerprint density at radius 1 is 1.00 bits per heavy atom. The van der Waals surface area contributed by atoms with Crippen molar-refractivity contribution < 1.29 is 13.9 Å². The lowest BCUT2D eigenvalue weighted by atomic mass is 10.1. The van der Waals surface area contributed by atoms with Gasteiger partial charge in [-0.2, -0.15) is 5.10 Å². The van der Waals surface area contributed by atoms with Gasteiger partial charge in [-0.1, -0.05) is 18.2 Å². The largest absolute Gasteiger partial charge is 0.382 e. The van der Waals surface area contributed by atoms with Gasteiger partial charge in [0.15, 0.2) is 0 Å². The second-order valence-electron chi connectivity index (χ2n) is 4.57. The number of hydrogen-bond acceptors (Lipinski definition) is 2. The fourth-order valence-electron chi connectivity index (χ4n) is 2.19. The second kappa shape index (κ2) is 5.46. The third kappa shape index (κ3) is 2.55. The summed E-state index contributed by atoms with van der Waals surface area (Å²) in [5.41, 5.74) is 0.978. The number of benzene rings is 2. The van der Waals surface area contributed by atoms with E-state index in [-0.39, 0.29) is 5.56 Å². The van der Waals surface area contributed by atoms with Gasteiger partial charge >= 0.3 is 0 Å². The van der Waals surface area contributed by atoms with E-state index in [0.29, 0.717) is 5.69 Å². The Morgan fingerprint density at radius 2 is 1.76 bits per heavy atom. The summed E-state index contributed by atoms with van der Waals surface area (Å²) in [5, 5.41) is 14.5. The van der Waals surface area contributed by atoms with Gasteiger partial charge in [0.2, 0.25) is 0 Å². The molecule has 0 saturated carbocycles. The van der Waals surface area contributed by atoms with Crippen molar-refractivity contribution in [2.24, 2.45) is 0 Å². The molecule has 1 unspecified atom stereocenters. The quantitative estimate of drug-likeness (QED) is 0.802. The number of para-hydroxylation sites is 1. The Morgan fingerprint density at radius 3 is 2.52 bits per heavy atom. The van der Waals surface area contributed by atoms with E-state index in [0.717, 1.165) is 23.9 Å². The lowest BCUT2D eigenvalue weighted by Crippen LogP contribution is -2.10. The molecule has 0 aliphatic heterocycles. The predicted octanol–water partition coefficient (Wildman–Crippen LogP) is 3.23. The van der Waals surface area contributed by atoms with Crippen molar-refractivity contribution >= 4 is 0 Å². The van der Waals surface area contributed by atoms with E-state index in [1.165, 1.54) is 10.9 Å². The first kappa shape index (κ1) is 13.5. The molecular weight excluding hydrogens is 274 g/mol. The molecule has 3 nitrogen and oxygen atoms in total. The third-order valence-electron chi connectivity index (χ3n) is 3.21. The van der Waals surface area contributed by atoms with Crippen LogP contribution < -0.4 is 0 Å². The Labute approximate surface area is 120 Å². The molecule has 0 bridgehead atoms. The molecule has 0 aliphatic rings. The van der Waals surface area contributed by atoms with E-state index in [4.69, 9.17) is 0 Å². The van der Waals surface area contributed by atoms with Crippen molar-refractivity contribution in [2.75, 3.05) is 0 Å². The first-order valence-electron chi connectivity index (χ1n) is 6.39. The van der Waals surface area contributed by atoms with Crippen LogP contribution in [0, 0.1) is 11.6 Å². The number of nitrogens with zero attached hydrogens (tertiary/aromatic N) is 2. The average Bonchev–Trinajstić information content (AvgIpc) is 2.99. The second-order valence-corrected chi connectivity index (χ2v) is 4.57. The average molecular weight is 286 g/mol. The zero-order valence-corrected chi connectivity index (χ0v) is 10.9. The van der Waals surface area contributed by atoms with Crippen LogP contribution in [0.2, 0.25) is 0 Å². The van der Waals surface area contributed by atoms with Gasteiger partial charge in [-0.15, -0.1) is 0 Å². The van der Waals surface area contributed by atoms with Gasteiger partial charge in [0.1, 0.15) is 17.7 Å². The third-order valence-corrected chi connectivity index (χ3v) is 3.21. The summed E-state index contributed by atoms with van der Waals surface area (Å²) in [4.78, 5) is 0. The van der Waals surface area contributed by atoms with E-state index >= 15 is 0 Å². The fraction of sp³-hybridized carbons (Fsp3) is 0.0625. The van der Waals surface area contributed by atoms with Crippen LogP contribution in [0.15, 0.2) is 60.8 Å². The van der Waals surface area contributed by atoms with Gasteiger partial charge < -0.3 is 5.11 Å². The van der Waals surface area contributed by atoms with E-state index in [1.54, 1.807) is 6.07 Å². The maximum atomic E-state index is 13.8. The first-order valence-corrected chi connectivity index (χ1v) is 6.39. The van der Waals surface area contributed by atoms with Gasteiger partial charge in [0.05, 0.1) is 11.4 Å². The fourth-order valence-corrected chi connectivity index (χ4v) is 2.19. The molecule has 5 heteroatoms. The molecular formula is C16H12F2N2O. The number of hydrogen-bond donors (Lipinski definition) is 1. The predicted molar refractivity (Wildman–Crippen MR) is 74.0 cm³/mol. The molecule has 3 rings (SSSR count). The Kier molecular flexibility index (Phi) is 3.50. The SMILES string of the molecule is OC(c1cc(F)ccc1F)c1ccnn1-c1ccccc1. The molecule has 2 aromatic carbocycles. The lowest BCUT2D eigenvalue weighted by molar-refractivity contribution is 0.206. The summed E-state index contributed by atoms with van der Waals surface area (Å²) in [6.45, 7) is 0. The molecule has 21 heavy (non-hydrogen) atoms. The lowest BCUT2D eigenvalue weighted by Gasteiger charge is -2.14. The molecule has 0 radical (unpaired) electrons. The number of rotatable bonds is 3. The molecule has 3 aromatic rings. The zero-order chi connectivity index (χ0) is 14.8. The van der Waals surface area contributed by atoms with Crippen LogP contribution in [-0.4, -0.2) is 14.9 Å². The highest BCUT2D eigenvalue weighted by atomic mass is 19.1. The minimum absolute atomic E-state index is 0.118. The van der Waals surface area contributed by atoms with Crippen molar-refractivity contribution in [1.82, 2.24) is 9.78 Å². The Bertz CT molecular complexity index is 756. The maximum Gasteiger partial charge on any atom is 0.129 e. The van der Waals surface area contributed by atoms with E-state index in [9.17, 15) is 13.9 Å². The molecule has 1 atom stereocenters. The molecule has 0 spiro atoms. The molecule has 1 N–H and O–H groups in total. The Balaban J connectivity index is 2.06. The standard InChI is InChI=1S/C16H12F2N2O/c17-11-6-7-14(18)13(10-11)16(21)15-8-9-19-20(15)12-4-2-1-3-5-12/h1-10,16,21H. The summed E-state index contributed by atoms with van der Waals surface area (Å²) < 4.78 is 28.6. The van der Waals surface area contributed by atoms with E-state index in [2.05, 4.69) is 5.10 Å². The molecule has 1 heterocycles. The van der Waals surface area contributed by atoms with Crippen LogP contribution in [-0.2, 0) is 0 Å². The van der Waals surface area contributed by atoms with Gasteiger partial charge in [0.25, 0.3) is 0 Å². The van der Waals surface area contributed by atoms with E-state index in [1.807, 2.05) is 30.3 Å². The van der Waals surface area contributed by atoms with Crippen molar-refractivity contribution in [3.8, 4) is 5.69 Å². The maximum absolute atomic E-state index is 13.8. The van der Waals surface area contributed by atoms with Crippen LogP contribution in [0.25, 0.3) is 5.69 Å². The number of halogens is 2. The molecule has 0 aliphatic carbocycles. The molecule has 1 aromatic heterocycles. The molecule has 106 valence electrons. The van der Waals surface area contributed by atoms with Crippen LogP contribution in [0.4, 0.5) is 8.78 Å². The summed E-state index contributed by atoms with van der Waals surface area (Å²) in [7, 11) is 0. The summed E-state index contributed by atoms with van der Waals surface area (Å²) in [5.74, 6) is -1.26. The summed E-state index contributed by atoms with van der Waals surface area (Å²) >= 11 is 0. The van der Waals surface area contributed by atoms with Crippen molar-refractivity contribution in [3.63, 3.8) is 0 Å². The van der Waals surface area contributed by atoms with Crippen LogP contribution in [0.1, 0.15) is 17.4 Å². The van der Waals surface area contributed by atoms with Crippen LogP contribution in [0.5, 0.6) is 0 Å². The highest BCUT2D eigenvalue weighted by molar-refractivity contribution is 5.36. The normalized spacial score (nSPS) is 12.3. The number of aliphatic hydroxyl groups excluding tert-OH is 1.